The van der Waals surface area contributed by atoms with E-state index in [9.17, 15) is 4.79 Å². The fourth-order valence-electron chi connectivity index (χ4n) is 3.22. The first-order chi connectivity index (χ1) is 11.5. The van der Waals surface area contributed by atoms with E-state index in [4.69, 9.17) is 5.11 Å². The predicted molar refractivity (Wildman–Crippen MR) is 106 cm³/mol. The van der Waals surface area contributed by atoms with Gasteiger partial charge in [0.2, 0.25) is 0 Å². The zero-order chi connectivity index (χ0) is 18.1. The summed E-state index contributed by atoms with van der Waals surface area (Å²) in [5.74, 6) is -0.663. The van der Waals surface area contributed by atoms with Crippen LogP contribution in [0, 0.1) is 5.41 Å². The third-order valence-corrected chi connectivity index (χ3v) is 5.23. The highest BCUT2D eigenvalue weighted by Gasteiger charge is 2.25. The van der Waals surface area contributed by atoms with E-state index >= 15 is 0 Å². The second kappa shape index (κ2) is 16.0. The van der Waals surface area contributed by atoms with E-state index in [-0.39, 0.29) is 0 Å². The maximum absolute atomic E-state index is 11.0. The zero-order valence-electron chi connectivity index (χ0n) is 16.9. The van der Waals surface area contributed by atoms with Crippen molar-refractivity contribution in [3.05, 3.63) is 0 Å². The third kappa shape index (κ3) is 15.0. The van der Waals surface area contributed by atoms with Gasteiger partial charge in [0.1, 0.15) is 0 Å². The largest absolute Gasteiger partial charge is 0.481 e. The van der Waals surface area contributed by atoms with Gasteiger partial charge in [0, 0.05) is 0 Å². The molecule has 2 heteroatoms. The van der Waals surface area contributed by atoms with Crippen molar-refractivity contribution in [2.45, 2.75) is 130 Å². The van der Waals surface area contributed by atoms with Crippen molar-refractivity contribution >= 4 is 5.97 Å². The molecule has 1 N–H and O–H groups in total. The number of aliphatic carboxylic acids is 1. The number of carboxylic acids is 1. The van der Waals surface area contributed by atoms with Crippen molar-refractivity contribution in [1.29, 1.82) is 0 Å². The summed E-state index contributed by atoms with van der Waals surface area (Å²) in [7, 11) is 0. The Morgan fingerprint density at radius 2 is 0.917 bits per heavy atom. The minimum absolute atomic E-state index is 0.546. The Morgan fingerprint density at radius 1 is 0.625 bits per heavy atom. The lowest BCUT2D eigenvalue weighted by Gasteiger charge is -2.18. The molecule has 0 radical (unpaired) electrons. The van der Waals surface area contributed by atoms with Crippen molar-refractivity contribution in [3.63, 3.8) is 0 Å². The third-order valence-electron chi connectivity index (χ3n) is 5.23. The Kier molecular flexibility index (Phi) is 15.6. The average Bonchev–Trinajstić information content (AvgIpc) is 2.54. The summed E-state index contributed by atoms with van der Waals surface area (Å²) >= 11 is 0. The van der Waals surface area contributed by atoms with Crippen LogP contribution in [-0.2, 0) is 4.79 Å². The molecule has 0 saturated carbocycles. The molecule has 144 valence electrons. The number of carbonyl (C=O) groups is 1. The number of hydrogen-bond donors (Lipinski definition) is 1. The summed E-state index contributed by atoms with van der Waals surface area (Å²) in [6, 6.07) is 0. The SMILES string of the molecule is CCCCCCCCCCCCCCCCCCC(C)(C)C(=O)O. The van der Waals surface area contributed by atoms with Crippen molar-refractivity contribution in [2.75, 3.05) is 0 Å². The van der Waals surface area contributed by atoms with Gasteiger partial charge in [-0.2, -0.15) is 0 Å². The standard InChI is InChI=1S/C22H44O2/c1-4-5-6-7-8-9-10-11-12-13-14-15-16-17-18-19-20-22(2,3)21(23)24/h4-20H2,1-3H3,(H,23,24). The molecule has 0 aliphatic rings. The quantitative estimate of drug-likeness (QED) is 0.259. The normalized spacial score (nSPS) is 11.8. The van der Waals surface area contributed by atoms with E-state index in [1.807, 2.05) is 13.8 Å². The Hall–Kier alpha value is -0.530. The summed E-state index contributed by atoms with van der Waals surface area (Å²) in [6.07, 6.45) is 22.6. The summed E-state index contributed by atoms with van der Waals surface area (Å²) in [6.45, 7) is 5.95. The van der Waals surface area contributed by atoms with Gasteiger partial charge in [-0.1, -0.05) is 110 Å². The van der Waals surface area contributed by atoms with Gasteiger partial charge >= 0.3 is 5.97 Å². The van der Waals surface area contributed by atoms with E-state index in [0.29, 0.717) is 0 Å². The van der Waals surface area contributed by atoms with Gasteiger partial charge in [0.05, 0.1) is 5.41 Å². The van der Waals surface area contributed by atoms with Crippen LogP contribution in [0.25, 0.3) is 0 Å². The molecule has 0 atom stereocenters. The van der Waals surface area contributed by atoms with Crippen molar-refractivity contribution in [1.82, 2.24) is 0 Å². The van der Waals surface area contributed by atoms with Gasteiger partial charge in [-0.15, -0.1) is 0 Å². The molecule has 0 saturated heterocycles. The fourth-order valence-corrected chi connectivity index (χ4v) is 3.22. The maximum Gasteiger partial charge on any atom is 0.309 e. The highest BCUT2D eigenvalue weighted by atomic mass is 16.4. The number of unbranched alkanes of at least 4 members (excludes halogenated alkanes) is 15. The zero-order valence-corrected chi connectivity index (χ0v) is 16.9. The molecular formula is C22H44O2. The van der Waals surface area contributed by atoms with Crippen LogP contribution < -0.4 is 0 Å². The highest BCUT2D eigenvalue weighted by Crippen LogP contribution is 2.24. The smallest absolute Gasteiger partial charge is 0.309 e. The van der Waals surface area contributed by atoms with E-state index in [1.165, 1.54) is 96.3 Å². The van der Waals surface area contributed by atoms with E-state index in [0.717, 1.165) is 12.8 Å². The second-order valence-electron chi connectivity index (χ2n) is 8.24. The van der Waals surface area contributed by atoms with E-state index in [1.54, 1.807) is 0 Å². The molecule has 0 amide bonds. The van der Waals surface area contributed by atoms with Crippen LogP contribution in [0.5, 0.6) is 0 Å². The van der Waals surface area contributed by atoms with Crippen LogP contribution >= 0.6 is 0 Å². The summed E-state index contributed by atoms with van der Waals surface area (Å²) in [4.78, 5) is 11.0. The topological polar surface area (TPSA) is 37.3 Å². The van der Waals surface area contributed by atoms with Crippen LogP contribution in [-0.4, -0.2) is 11.1 Å². The molecule has 0 aromatic carbocycles. The number of carboxylic acid groups (broad SMARTS) is 1. The molecule has 0 aliphatic carbocycles. The summed E-state index contributed by atoms with van der Waals surface area (Å²) < 4.78 is 0. The lowest BCUT2D eigenvalue weighted by molar-refractivity contribution is -0.147. The Labute approximate surface area is 151 Å². The molecule has 0 aliphatic heterocycles. The number of rotatable bonds is 18. The molecule has 0 aromatic heterocycles. The molecule has 0 aromatic rings. The second-order valence-corrected chi connectivity index (χ2v) is 8.24. The number of hydrogen-bond acceptors (Lipinski definition) is 1. The molecule has 0 unspecified atom stereocenters. The molecule has 0 fully saturated rings. The van der Waals surface area contributed by atoms with Gasteiger partial charge in [0.25, 0.3) is 0 Å². The van der Waals surface area contributed by atoms with Crippen molar-refractivity contribution < 1.29 is 9.90 Å². The van der Waals surface area contributed by atoms with Crippen molar-refractivity contribution in [3.8, 4) is 0 Å². The van der Waals surface area contributed by atoms with Crippen LogP contribution in [0.4, 0.5) is 0 Å². The molecule has 2 nitrogen and oxygen atoms in total. The average molecular weight is 341 g/mol. The van der Waals surface area contributed by atoms with Gasteiger partial charge in [0.15, 0.2) is 0 Å². The highest BCUT2D eigenvalue weighted by molar-refractivity contribution is 5.73. The van der Waals surface area contributed by atoms with Crippen LogP contribution in [0.15, 0.2) is 0 Å². The molecule has 0 rings (SSSR count). The van der Waals surface area contributed by atoms with Gasteiger partial charge in [-0.3, -0.25) is 4.79 Å². The predicted octanol–water partition coefficient (Wildman–Crippen LogP) is 7.75. The molecule has 24 heavy (non-hydrogen) atoms. The molecule has 0 spiro atoms. The van der Waals surface area contributed by atoms with Crippen LogP contribution in [0.1, 0.15) is 130 Å². The lowest BCUT2D eigenvalue weighted by atomic mass is 9.87. The molecular weight excluding hydrogens is 296 g/mol. The van der Waals surface area contributed by atoms with E-state index < -0.39 is 11.4 Å². The van der Waals surface area contributed by atoms with Crippen molar-refractivity contribution in [2.24, 2.45) is 5.41 Å². The lowest BCUT2D eigenvalue weighted by Crippen LogP contribution is -2.23. The van der Waals surface area contributed by atoms with E-state index in [2.05, 4.69) is 6.92 Å². The Bertz CT molecular complexity index is 284. The first kappa shape index (κ1) is 23.5. The Balaban J connectivity index is 3.14. The Morgan fingerprint density at radius 3 is 1.21 bits per heavy atom. The summed E-state index contributed by atoms with van der Waals surface area (Å²) in [5, 5.41) is 9.07. The van der Waals surface area contributed by atoms with Gasteiger partial charge in [-0.25, -0.2) is 0 Å². The maximum atomic E-state index is 11.0. The first-order valence-electron chi connectivity index (χ1n) is 10.7. The van der Waals surface area contributed by atoms with Gasteiger partial charge < -0.3 is 5.11 Å². The van der Waals surface area contributed by atoms with Gasteiger partial charge in [-0.05, 0) is 20.3 Å². The first-order valence-corrected chi connectivity index (χ1v) is 10.7. The monoisotopic (exact) mass is 340 g/mol. The summed E-state index contributed by atoms with van der Waals surface area (Å²) in [5.41, 5.74) is -0.546. The minimum atomic E-state index is -0.663. The van der Waals surface area contributed by atoms with Crippen LogP contribution in [0.3, 0.4) is 0 Å². The fraction of sp³-hybridized carbons (Fsp3) is 0.955. The molecule has 0 heterocycles. The van der Waals surface area contributed by atoms with Crippen LogP contribution in [0.2, 0.25) is 0 Å². The minimum Gasteiger partial charge on any atom is -0.481 e. The molecule has 0 bridgehead atoms.